The quantitative estimate of drug-likeness (QED) is 0.866. The number of pyridine rings is 1. The first-order chi connectivity index (χ1) is 8.56. The summed E-state index contributed by atoms with van der Waals surface area (Å²) in [5.41, 5.74) is 2.62. The second-order valence-corrected chi connectivity index (χ2v) is 4.58. The Kier molecular flexibility index (Phi) is 3.66. The van der Waals surface area contributed by atoms with Gasteiger partial charge in [-0.25, -0.2) is 9.97 Å². The molecule has 2 heterocycles. The van der Waals surface area contributed by atoms with Gasteiger partial charge >= 0.3 is 0 Å². The van der Waals surface area contributed by atoms with Crippen molar-refractivity contribution in [2.24, 2.45) is 0 Å². The van der Waals surface area contributed by atoms with Crippen molar-refractivity contribution in [3.05, 3.63) is 46.2 Å². The van der Waals surface area contributed by atoms with E-state index in [0.717, 1.165) is 15.9 Å². The van der Waals surface area contributed by atoms with Crippen molar-refractivity contribution < 1.29 is 4.79 Å². The van der Waals surface area contributed by atoms with Gasteiger partial charge in [-0.1, -0.05) is 0 Å². The van der Waals surface area contributed by atoms with Gasteiger partial charge in [0.1, 0.15) is 10.3 Å². The normalized spacial score (nSPS) is 10.2. The third-order valence-electron chi connectivity index (χ3n) is 2.29. The Hall–Kier alpha value is -1.82. The lowest BCUT2D eigenvalue weighted by Crippen LogP contribution is -2.14. The van der Waals surface area contributed by atoms with Crippen LogP contribution in [0.4, 0.5) is 5.69 Å². The SMILES string of the molecule is Cc1cnc(C(=O)Nc2cnc(Br)c(C)c2)cn1. The van der Waals surface area contributed by atoms with E-state index in [1.165, 1.54) is 6.20 Å². The topological polar surface area (TPSA) is 67.8 Å². The lowest BCUT2D eigenvalue weighted by molar-refractivity contribution is 0.102. The Balaban J connectivity index is 2.16. The first-order valence-corrected chi connectivity index (χ1v) is 6.07. The number of carbonyl (C=O) groups excluding carboxylic acids is 1. The lowest BCUT2D eigenvalue weighted by Gasteiger charge is -2.05. The average Bonchev–Trinajstić information content (AvgIpc) is 2.34. The summed E-state index contributed by atoms with van der Waals surface area (Å²) in [6.45, 7) is 3.72. The van der Waals surface area contributed by atoms with Crippen molar-refractivity contribution in [3.63, 3.8) is 0 Å². The second-order valence-electron chi connectivity index (χ2n) is 3.83. The first kappa shape index (κ1) is 12.6. The molecule has 0 aliphatic heterocycles. The van der Waals surface area contributed by atoms with Crippen LogP contribution < -0.4 is 5.32 Å². The number of aromatic nitrogens is 3. The number of halogens is 1. The van der Waals surface area contributed by atoms with Gasteiger partial charge in [-0.15, -0.1) is 0 Å². The van der Waals surface area contributed by atoms with Crippen molar-refractivity contribution in [3.8, 4) is 0 Å². The molecule has 0 unspecified atom stereocenters. The molecule has 2 aromatic rings. The van der Waals surface area contributed by atoms with Gasteiger partial charge in [0, 0.05) is 6.20 Å². The van der Waals surface area contributed by atoms with E-state index in [0.29, 0.717) is 5.69 Å². The molecule has 1 N–H and O–H groups in total. The summed E-state index contributed by atoms with van der Waals surface area (Å²) in [5.74, 6) is -0.300. The Morgan fingerprint density at radius 2 is 1.94 bits per heavy atom. The highest BCUT2D eigenvalue weighted by molar-refractivity contribution is 9.10. The highest BCUT2D eigenvalue weighted by Crippen LogP contribution is 2.17. The van der Waals surface area contributed by atoms with Crippen LogP contribution >= 0.6 is 15.9 Å². The summed E-state index contributed by atoms with van der Waals surface area (Å²) < 4.78 is 0.760. The molecule has 6 heteroatoms. The Labute approximate surface area is 113 Å². The fourth-order valence-electron chi connectivity index (χ4n) is 1.33. The molecule has 2 rings (SSSR count). The van der Waals surface area contributed by atoms with Crippen LogP contribution in [-0.4, -0.2) is 20.9 Å². The minimum atomic E-state index is -0.300. The van der Waals surface area contributed by atoms with Gasteiger partial charge in [0.2, 0.25) is 0 Å². The van der Waals surface area contributed by atoms with Crippen LogP contribution in [0.3, 0.4) is 0 Å². The van der Waals surface area contributed by atoms with Gasteiger partial charge in [0.05, 0.1) is 23.8 Å². The highest BCUT2D eigenvalue weighted by atomic mass is 79.9. The number of hydrogen-bond acceptors (Lipinski definition) is 4. The summed E-state index contributed by atoms with van der Waals surface area (Å²) in [4.78, 5) is 24.0. The van der Waals surface area contributed by atoms with E-state index < -0.39 is 0 Å². The molecule has 0 radical (unpaired) electrons. The molecule has 0 aliphatic rings. The summed E-state index contributed by atoms with van der Waals surface area (Å²) >= 11 is 3.30. The van der Waals surface area contributed by atoms with Gasteiger partial charge in [0.25, 0.3) is 5.91 Å². The molecule has 2 aromatic heterocycles. The number of anilines is 1. The van der Waals surface area contributed by atoms with Gasteiger partial charge in [0.15, 0.2) is 0 Å². The summed E-state index contributed by atoms with van der Waals surface area (Å²) in [5, 5.41) is 2.72. The summed E-state index contributed by atoms with van der Waals surface area (Å²) in [6, 6.07) is 1.83. The van der Waals surface area contributed by atoms with Crippen molar-refractivity contribution in [1.82, 2.24) is 15.0 Å². The molecule has 92 valence electrons. The van der Waals surface area contributed by atoms with Crippen LogP contribution in [0.25, 0.3) is 0 Å². The molecule has 0 saturated heterocycles. The maximum atomic E-state index is 11.9. The maximum absolute atomic E-state index is 11.9. The first-order valence-electron chi connectivity index (χ1n) is 5.28. The molecular formula is C12H11BrN4O. The number of nitrogens with zero attached hydrogens (tertiary/aromatic N) is 3. The molecule has 0 aliphatic carbocycles. The minimum Gasteiger partial charge on any atom is -0.319 e. The van der Waals surface area contributed by atoms with Crippen molar-refractivity contribution in [1.29, 1.82) is 0 Å². The molecule has 0 fully saturated rings. The molecule has 5 nitrogen and oxygen atoms in total. The number of amides is 1. The number of carbonyl (C=O) groups is 1. The fourth-order valence-corrected chi connectivity index (χ4v) is 1.55. The molecule has 0 saturated carbocycles. The lowest BCUT2D eigenvalue weighted by atomic mass is 10.3. The van der Waals surface area contributed by atoms with Gasteiger partial charge in [-0.3, -0.25) is 9.78 Å². The molecule has 18 heavy (non-hydrogen) atoms. The average molecular weight is 307 g/mol. The van der Waals surface area contributed by atoms with E-state index in [-0.39, 0.29) is 11.6 Å². The molecule has 0 aromatic carbocycles. The van der Waals surface area contributed by atoms with Crippen molar-refractivity contribution >= 4 is 27.5 Å². The smallest absolute Gasteiger partial charge is 0.275 e. The monoisotopic (exact) mass is 306 g/mol. The molecule has 0 spiro atoms. The van der Waals surface area contributed by atoms with E-state index >= 15 is 0 Å². The number of nitrogens with one attached hydrogen (secondary N) is 1. The summed E-state index contributed by atoms with van der Waals surface area (Å²) in [6.07, 6.45) is 4.58. The zero-order valence-electron chi connectivity index (χ0n) is 9.94. The van der Waals surface area contributed by atoms with E-state index in [1.807, 2.05) is 19.9 Å². The molecule has 0 bridgehead atoms. The van der Waals surface area contributed by atoms with E-state index in [4.69, 9.17) is 0 Å². The Bertz CT molecular complexity index is 583. The van der Waals surface area contributed by atoms with Crippen molar-refractivity contribution in [2.75, 3.05) is 5.32 Å². The largest absolute Gasteiger partial charge is 0.319 e. The van der Waals surface area contributed by atoms with Gasteiger partial charge < -0.3 is 5.32 Å². The van der Waals surface area contributed by atoms with Crippen LogP contribution in [0.2, 0.25) is 0 Å². The second kappa shape index (κ2) is 5.22. The molecule has 0 atom stereocenters. The van der Waals surface area contributed by atoms with Crippen LogP contribution in [0.15, 0.2) is 29.3 Å². The summed E-state index contributed by atoms with van der Waals surface area (Å²) in [7, 11) is 0. The zero-order chi connectivity index (χ0) is 13.1. The Morgan fingerprint density at radius 1 is 1.17 bits per heavy atom. The van der Waals surface area contributed by atoms with E-state index in [2.05, 4.69) is 36.2 Å². The zero-order valence-corrected chi connectivity index (χ0v) is 11.5. The predicted molar refractivity (Wildman–Crippen MR) is 71.4 cm³/mol. The number of rotatable bonds is 2. The van der Waals surface area contributed by atoms with Crippen LogP contribution in [-0.2, 0) is 0 Å². The molecule has 1 amide bonds. The van der Waals surface area contributed by atoms with Gasteiger partial charge in [-0.2, -0.15) is 0 Å². The van der Waals surface area contributed by atoms with Gasteiger partial charge in [-0.05, 0) is 41.4 Å². The standard InChI is InChI=1S/C12H11BrN4O/c1-7-3-9(5-16-11(7)13)17-12(18)10-6-14-8(2)4-15-10/h3-6H,1-2H3,(H,17,18). The minimum absolute atomic E-state index is 0.279. The van der Waals surface area contributed by atoms with E-state index in [1.54, 1.807) is 12.4 Å². The van der Waals surface area contributed by atoms with Crippen molar-refractivity contribution in [2.45, 2.75) is 13.8 Å². The molecular weight excluding hydrogens is 296 g/mol. The number of hydrogen-bond donors (Lipinski definition) is 1. The third kappa shape index (κ3) is 2.89. The third-order valence-corrected chi connectivity index (χ3v) is 3.12. The Morgan fingerprint density at radius 3 is 2.56 bits per heavy atom. The number of aryl methyl sites for hydroxylation is 2. The van der Waals surface area contributed by atoms with Crippen LogP contribution in [0, 0.1) is 13.8 Å². The van der Waals surface area contributed by atoms with Crippen LogP contribution in [0.1, 0.15) is 21.7 Å². The van der Waals surface area contributed by atoms with E-state index in [9.17, 15) is 4.79 Å². The fraction of sp³-hybridized carbons (Fsp3) is 0.167. The highest BCUT2D eigenvalue weighted by Gasteiger charge is 2.08. The predicted octanol–water partition coefficient (Wildman–Crippen LogP) is 2.50. The maximum Gasteiger partial charge on any atom is 0.275 e. The van der Waals surface area contributed by atoms with Crippen LogP contribution in [0.5, 0.6) is 0 Å².